The molecule has 37 heavy (non-hydrogen) atoms. The van der Waals surface area contributed by atoms with Crippen molar-refractivity contribution in [2.45, 2.75) is 38.8 Å². The van der Waals surface area contributed by atoms with Crippen molar-refractivity contribution < 1.29 is 23.9 Å². The Balaban J connectivity index is 2.16. The number of rotatable bonds is 6. The lowest BCUT2D eigenvalue weighted by Gasteiger charge is -2.46. The van der Waals surface area contributed by atoms with Gasteiger partial charge in [-0.3, -0.25) is 29.0 Å². The molecule has 0 bridgehead atoms. The van der Waals surface area contributed by atoms with E-state index in [1.807, 2.05) is 0 Å². The van der Waals surface area contributed by atoms with E-state index in [4.69, 9.17) is 10.5 Å². The number of fused-ring (bicyclic) bond motifs is 1. The van der Waals surface area contributed by atoms with Gasteiger partial charge in [-0.25, -0.2) is 0 Å². The van der Waals surface area contributed by atoms with Gasteiger partial charge >= 0.3 is 5.97 Å². The highest BCUT2D eigenvalue weighted by Gasteiger charge is 2.60. The summed E-state index contributed by atoms with van der Waals surface area (Å²) in [7, 11) is 0. The average Bonchev–Trinajstić information content (AvgIpc) is 2.93. The number of hydrogen-bond acceptors (Lipinski definition) is 5. The van der Waals surface area contributed by atoms with Gasteiger partial charge in [-0.2, -0.15) is 0 Å². The molecule has 0 saturated heterocycles. The summed E-state index contributed by atoms with van der Waals surface area (Å²) < 4.78 is 5.51. The SMILES string of the molecule is CC(=O)OC1(C)C(=O)N(c2ccccc2)c2ccccc2N(C(C(N)=O)(c2ccccc2)C(C)C)C1=O. The minimum absolute atomic E-state index is 0.275. The van der Waals surface area contributed by atoms with Crippen molar-refractivity contribution in [2.75, 3.05) is 9.80 Å². The number of nitrogens with two attached hydrogens (primary N) is 1. The van der Waals surface area contributed by atoms with Crippen LogP contribution in [0.1, 0.15) is 33.3 Å². The zero-order valence-electron chi connectivity index (χ0n) is 21.2. The first-order valence-corrected chi connectivity index (χ1v) is 11.9. The topological polar surface area (TPSA) is 110 Å². The molecule has 1 aliphatic heterocycles. The van der Waals surface area contributed by atoms with Gasteiger partial charge < -0.3 is 10.5 Å². The van der Waals surface area contributed by atoms with Crippen molar-refractivity contribution in [3.8, 4) is 0 Å². The summed E-state index contributed by atoms with van der Waals surface area (Å²) in [5, 5.41) is 0. The molecular weight excluding hydrogens is 470 g/mol. The van der Waals surface area contributed by atoms with Crippen LogP contribution in [0.15, 0.2) is 84.9 Å². The van der Waals surface area contributed by atoms with E-state index in [0.717, 1.165) is 6.92 Å². The number of benzene rings is 3. The first kappa shape index (κ1) is 25.6. The van der Waals surface area contributed by atoms with Gasteiger partial charge in [-0.15, -0.1) is 0 Å². The fraction of sp³-hybridized carbons (Fsp3) is 0.241. The number of anilines is 3. The summed E-state index contributed by atoms with van der Waals surface area (Å²) in [6, 6.07) is 24.2. The summed E-state index contributed by atoms with van der Waals surface area (Å²) in [4.78, 5) is 57.2. The number of nitrogens with zero attached hydrogens (tertiary/aromatic N) is 2. The molecule has 2 atom stereocenters. The molecule has 8 nitrogen and oxygen atoms in total. The van der Waals surface area contributed by atoms with Crippen LogP contribution in [0, 0.1) is 5.92 Å². The number of carbonyl (C=O) groups is 4. The molecule has 2 N–H and O–H groups in total. The third-order valence-corrected chi connectivity index (χ3v) is 6.73. The summed E-state index contributed by atoms with van der Waals surface area (Å²) in [5.41, 5.74) is 3.65. The highest BCUT2D eigenvalue weighted by Crippen LogP contribution is 2.48. The second kappa shape index (κ2) is 9.54. The van der Waals surface area contributed by atoms with Gasteiger partial charge in [0.2, 0.25) is 5.91 Å². The van der Waals surface area contributed by atoms with Crippen molar-refractivity contribution in [1.82, 2.24) is 0 Å². The molecule has 8 heteroatoms. The quantitative estimate of drug-likeness (QED) is 0.406. The molecule has 0 fully saturated rings. The van der Waals surface area contributed by atoms with Crippen LogP contribution in [0.5, 0.6) is 0 Å². The zero-order chi connectivity index (χ0) is 27.0. The maximum atomic E-state index is 14.6. The number of primary amides is 1. The number of para-hydroxylation sites is 3. The molecule has 1 heterocycles. The monoisotopic (exact) mass is 499 g/mol. The van der Waals surface area contributed by atoms with Gasteiger partial charge in [0, 0.05) is 12.6 Å². The molecule has 190 valence electrons. The maximum absolute atomic E-state index is 14.6. The Kier molecular flexibility index (Phi) is 6.61. The van der Waals surface area contributed by atoms with Crippen LogP contribution in [-0.2, 0) is 29.5 Å². The molecule has 0 aromatic heterocycles. The second-order valence-electron chi connectivity index (χ2n) is 9.38. The normalized spacial score (nSPS) is 19.2. The smallest absolute Gasteiger partial charge is 0.304 e. The van der Waals surface area contributed by atoms with Gasteiger partial charge in [0.1, 0.15) is 0 Å². The standard InChI is InChI=1S/C29H29N3O5/c1-19(2)29(25(30)34,21-13-7-5-8-14-21)32-24-18-12-11-17-23(24)31(22-15-9-6-10-16-22)26(35)28(4,27(32)36)37-20(3)33/h5-19H,1-4H3,(H2,30,34). The third kappa shape index (κ3) is 3.94. The first-order chi connectivity index (χ1) is 17.6. The number of ether oxygens (including phenoxy) is 1. The van der Waals surface area contributed by atoms with Crippen LogP contribution in [0.2, 0.25) is 0 Å². The Labute approximate surface area is 215 Å². The van der Waals surface area contributed by atoms with E-state index in [2.05, 4.69) is 0 Å². The van der Waals surface area contributed by atoms with Crippen LogP contribution in [0.3, 0.4) is 0 Å². The molecule has 0 radical (unpaired) electrons. The Morgan fingerprint density at radius 1 is 0.838 bits per heavy atom. The number of carbonyl (C=O) groups excluding carboxylic acids is 4. The lowest BCUT2D eigenvalue weighted by molar-refractivity contribution is -0.170. The molecule has 3 aromatic carbocycles. The largest absolute Gasteiger partial charge is 0.439 e. The van der Waals surface area contributed by atoms with Crippen LogP contribution < -0.4 is 15.5 Å². The third-order valence-electron chi connectivity index (χ3n) is 6.73. The highest BCUT2D eigenvalue weighted by molar-refractivity contribution is 6.27. The van der Waals surface area contributed by atoms with Crippen molar-refractivity contribution in [2.24, 2.45) is 11.7 Å². The predicted octanol–water partition coefficient (Wildman–Crippen LogP) is 4.06. The maximum Gasteiger partial charge on any atom is 0.304 e. The fourth-order valence-corrected chi connectivity index (χ4v) is 5.09. The number of amides is 3. The molecule has 0 aliphatic carbocycles. The Bertz CT molecular complexity index is 1360. The van der Waals surface area contributed by atoms with Crippen LogP contribution in [-0.4, -0.2) is 29.3 Å². The number of hydrogen-bond donors (Lipinski definition) is 1. The van der Waals surface area contributed by atoms with Gasteiger partial charge in [0.15, 0.2) is 5.54 Å². The first-order valence-electron chi connectivity index (χ1n) is 11.9. The van der Waals surface area contributed by atoms with Crippen molar-refractivity contribution in [1.29, 1.82) is 0 Å². The molecular formula is C29H29N3O5. The van der Waals surface area contributed by atoms with Crippen LogP contribution >= 0.6 is 0 Å². The summed E-state index contributed by atoms with van der Waals surface area (Å²) in [6.45, 7) is 5.93. The summed E-state index contributed by atoms with van der Waals surface area (Å²) >= 11 is 0. The predicted molar refractivity (Wildman–Crippen MR) is 140 cm³/mol. The molecule has 0 saturated carbocycles. The van der Waals surface area contributed by atoms with E-state index < -0.39 is 40.7 Å². The van der Waals surface area contributed by atoms with E-state index in [1.54, 1.807) is 98.8 Å². The van der Waals surface area contributed by atoms with Gasteiger partial charge in [-0.1, -0.05) is 74.5 Å². The van der Waals surface area contributed by atoms with Crippen LogP contribution in [0.4, 0.5) is 17.1 Å². The summed E-state index contributed by atoms with van der Waals surface area (Å²) in [5.74, 6) is -3.80. The fourth-order valence-electron chi connectivity index (χ4n) is 5.09. The van der Waals surface area contributed by atoms with Crippen LogP contribution in [0.25, 0.3) is 0 Å². The van der Waals surface area contributed by atoms with Gasteiger partial charge in [0.25, 0.3) is 17.4 Å². The highest BCUT2D eigenvalue weighted by atomic mass is 16.6. The van der Waals surface area contributed by atoms with E-state index in [-0.39, 0.29) is 5.69 Å². The molecule has 2 unspecified atom stereocenters. The van der Waals surface area contributed by atoms with E-state index in [9.17, 15) is 19.2 Å². The molecule has 3 amide bonds. The molecule has 3 aromatic rings. The molecule has 4 rings (SSSR count). The molecule has 1 aliphatic rings. The Morgan fingerprint density at radius 3 is 1.86 bits per heavy atom. The lowest BCUT2D eigenvalue weighted by Crippen LogP contribution is -2.66. The van der Waals surface area contributed by atoms with Gasteiger partial charge in [-0.05, 0) is 42.7 Å². The second-order valence-corrected chi connectivity index (χ2v) is 9.38. The van der Waals surface area contributed by atoms with Gasteiger partial charge in [0.05, 0.1) is 11.4 Å². The minimum Gasteiger partial charge on any atom is -0.439 e. The Morgan fingerprint density at radius 2 is 1.35 bits per heavy atom. The average molecular weight is 500 g/mol. The van der Waals surface area contributed by atoms with Crippen molar-refractivity contribution in [3.63, 3.8) is 0 Å². The number of esters is 1. The van der Waals surface area contributed by atoms with E-state index >= 15 is 0 Å². The van der Waals surface area contributed by atoms with Crippen molar-refractivity contribution in [3.05, 3.63) is 90.5 Å². The van der Waals surface area contributed by atoms with E-state index in [0.29, 0.717) is 16.9 Å². The molecule has 0 spiro atoms. The zero-order valence-corrected chi connectivity index (χ0v) is 21.2. The van der Waals surface area contributed by atoms with Crippen molar-refractivity contribution >= 4 is 40.8 Å². The summed E-state index contributed by atoms with van der Waals surface area (Å²) in [6.07, 6.45) is 0. The Hall–Kier alpha value is -4.46. The minimum atomic E-state index is -2.30. The van der Waals surface area contributed by atoms with E-state index in [1.165, 1.54) is 16.7 Å². The lowest BCUT2D eigenvalue weighted by atomic mass is 9.76.